The molecule has 0 saturated heterocycles. The van der Waals surface area contributed by atoms with Gasteiger partial charge in [-0.25, -0.2) is 0 Å². The van der Waals surface area contributed by atoms with E-state index in [0.717, 1.165) is 36.3 Å². The normalized spacial score (nSPS) is 24.4. The first-order valence-electron chi connectivity index (χ1n) is 5.80. The molecule has 0 bridgehead atoms. The quantitative estimate of drug-likeness (QED) is 0.823. The average molecular weight is 221 g/mol. The lowest BCUT2D eigenvalue weighted by Crippen LogP contribution is -2.28. The van der Waals surface area contributed by atoms with Crippen molar-refractivity contribution in [2.75, 3.05) is 12.4 Å². The molecule has 3 heteroatoms. The SMILES string of the molecule is COc1ccc(NC2CCCC2O)c(C)c1. The Balaban J connectivity index is 2.09. The molecular weight excluding hydrogens is 202 g/mol. The number of benzene rings is 1. The van der Waals surface area contributed by atoms with Crippen molar-refractivity contribution in [3.63, 3.8) is 0 Å². The summed E-state index contributed by atoms with van der Waals surface area (Å²) in [6.07, 6.45) is 2.86. The van der Waals surface area contributed by atoms with Crippen LogP contribution in [0.4, 0.5) is 5.69 Å². The fourth-order valence-corrected chi connectivity index (χ4v) is 2.23. The molecule has 1 aromatic rings. The van der Waals surface area contributed by atoms with Crippen LogP contribution in [0.25, 0.3) is 0 Å². The van der Waals surface area contributed by atoms with Gasteiger partial charge in [0, 0.05) is 5.69 Å². The molecular formula is C13H19NO2. The highest BCUT2D eigenvalue weighted by atomic mass is 16.5. The number of ether oxygens (including phenoxy) is 1. The zero-order valence-electron chi connectivity index (χ0n) is 9.86. The van der Waals surface area contributed by atoms with Crippen LogP contribution in [-0.4, -0.2) is 24.4 Å². The number of aliphatic hydroxyl groups excluding tert-OH is 1. The Morgan fingerprint density at radius 3 is 2.75 bits per heavy atom. The lowest BCUT2D eigenvalue weighted by Gasteiger charge is -2.19. The Kier molecular flexibility index (Phi) is 3.34. The third-order valence-electron chi connectivity index (χ3n) is 3.25. The van der Waals surface area contributed by atoms with Crippen molar-refractivity contribution in [3.05, 3.63) is 23.8 Å². The molecule has 88 valence electrons. The largest absolute Gasteiger partial charge is 0.497 e. The van der Waals surface area contributed by atoms with Gasteiger partial charge in [-0.05, 0) is 49.9 Å². The second kappa shape index (κ2) is 4.74. The fourth-order valence-electron chi connectivity index (χ4n) is 2.23. The van der Waals surface area contributed by atoms with Crippen LogP contribution in [0.1, 0.15) is 24.8 Å². The molecule has 0 heterocycles. The first-order valence-corrected chi connectivity index (χ1v) is 5.80. The van der Waals surface area contributed by atoms with E-state index in [0.29, 0.717) is 0 Å². The molecule has 1 aliphatic carbocycles. The van der Waals surface area contributed by atoms with E-state index in [4.69, 9.17) is 4.74 Å². The summed E-state index contributed by atoms with van der Waals surface area (Å²) in [6, 6.07) is 6.16. The molecule has 0 amide bonds. The summed E-state index contributed by atoms with van der Waals surface area (Å²) >= 11 is 0. The first-order chi connectivity index (χ1) is 7.70. The molecule has 0 aromatic heterocycles. The number of aliphatic hydroxyl groups is 1. The van der Waals surface area contributed by atoms with E-state index in [1.807, 2.05) is 25.1 Å². The summed E-state index contributed by atoms with van der Waals surface area (Å²) in [5.41, 5.74) is 2.24. The van der Waals surface area contributed by atoms with Gasteiger partial charge in [0.15, 0.2) is 0 Å². The standard InChI is InChI=1S/C13H19NO2/c1-9-8-10(16-2)6-7-11(9)14-12-4-3-5-13(12)15/h6-8,12-15H,3-5H2,1-2H3. The summed E-state index contributed by atoms with van der Waals surface area (Å²) in [5, 5.41) is 13.2. The Bertz CT molecular complexity index is 365. The van der Waals surface area contributed by atoms with Crippen molar-refractivity contribution in [2.45, 2.75) is 38.3 Å². The number of hydrogen-bond acceptors (Lipinski definition) is 3. The monoisotopic (exact) mass is 221 g/mol. The maximum absolute atomic E-state index is 9.75. The highest BCUT2D eigenvalue weighted by Gasteiger charge is 2.25. The zero-order chi connectivity index (χ0) is 11.5. The molecule has 3 nitrogen and oxygen atoms in total. The van der Waals surface area contributed by atoms with Gasteiger partial charge in [0.05, 0.1) is 19.3 Å². The van der Waals surface area contributed by atoms with E-state index in [2.05, 4.69) is 5.32 Å². The van der Waals surface area contributed by atoms with Crippen LogP contribution in [0.2, 0.25) is 0 Å². The van der Waals surface area contributed by atoms with Crippen LogP contribution < -0.4 is 10.1 Å². The van der Waals surface area contributed by atoms with Crippen LogP contribution in [0.15, 0.2) is 18.2 Å². The number of hydrogen-bond donors (Lipinski definition) is 2. The molecule has 2 N–H and O–H groups in total. The summed E-state index contributed by atoms with van der Waals surface area (Å²) in [6.45, 7) is 2.05. The van der Waals surface area contributed by atoms with E-state index in [1.165, 1.54) is 0 Å². The minimum Gasteiger partial charge on any atom is -0.497 e. The third-order valence-corrected chi connectivity index (χ3v) is 3.25. The van der Waals surface area contributed by atoms with Crippen molar-refractivity contribution < 1.29 is 9.84 Å². The molecule has 2 atom stereocenters. The number of methoxy groups -OCH3 is 1. The fraction of sp³-hybridized carbons (Fsp3) is 0.538. The summed E-state index contributed by atoms with van der Waals surface area (Å²) in [7, 11) is 1.67. The van der Waals surface area contributed by atoms with Crippen molar-refractivity contribution in [2.24, 2.45) is 0 Å². The predicted molar refractivity (Wildman–Crippen MR) is 65.0 cm³/mol. The van der Waals surface area contributed by atoms with Crippen molar-refractivity contribution >= 4 is 5.69 Å². The molecule has 1 saturated carbocycles. The van der Waals surface area contributed by atoms with Gasteiger partial charge >= 0.3 is 0 Å². The molecule has 0 aliphatic heterocycles. The maximum Gasteiger partial charge on any atom is 0.119 e. The highest BCUT2D eigenvalue weighted by Crippen LogP contribution is 2.26. The average Bonchev–Trinajstić information content (AvgIpc) is 2.67. The van der Waals surface area contributed by atoms with Crippen LogP contribution in [-0.2, 0) is 0 Å². The summed E-state index contributed by atoms with van der Waals surface area (Å²) in [5.74, 6) is 0.870. The van der Waals surface area contributed by atoms with E-state index in [9.17, 15) is 5.11 Å². The Morgan fingerprint density at radius 1 is 1.38 bits per heavy atom. The Labute approximate surface area is 96.4 Å². The van der Waals surface area contributed by atoms with Crippen molar-refractivity contribution in [1.82, 2.24) is 0 Å². The van der Waals surface area contributed by atoms with Gasteiger partial charge in [-0.2, -0.15) is 0 Å². The Morgan fingerprint density at radius 2 is 2.19 bits per heavy atom. The molecule has 1 aliphatic rings. The molecule has 0 spiro atoms. The van der Waals surface area contributed by atoms with Crippen molar-refractivity contribution in [3.8, 4) is 5.75 Å². The number of rotatable bonds is 3. The lowest BCUT2D eigenvalue weighted by molar-refractivity contribution is 0.172. The third kappa shape index (κ3) is 2.30. The first kappa shape index (κ1) is 11.3. The van der Waals surface area contributed by atoms with E-state index < -0.39 is 0 Å². The Hall–Kier alpha value is -1.22. The molecule has 2 unspecified atom stereocenters. The van der Waals surface area contributed by atoms with Crippen LogP contribution in [0, 0.1) is 6.92 Å². The van der Waals surface area contributed by atoms with Gasteiger partial charge in [-0.15, -0.1) is 0 Å². The zero-order valence-corrected chi connectivity index (χ0v) is 9.86. The molecule has 0 radical (unpaired) electrons. The van der Waals surface area contributed by atoms with Gasteiger partial charge < -0.3 is 15.2 Å². The summed E-state index contributed by atoms with van der Waals surface area (Å²) in [4.78, 5) is 0. The second-order valence-electron chi connectivity index (χ2n) is 4.43. The van der Waals surface area contributed by atoms with E-state index >= 15 is 0 Å². The van der Waals surface area contributed by atoms with Gasteiger partial charge in [0.25, 0.3) is 0 Å². The minimum atomic E-state index is -0.207. The van der Waals surface area contributed by atoms with Gasteiger partial charge in [-0.1, -0.05) is 0 Å². The number of anilines is 1. The molecule has 1 aromatic carbocycles. The van der Waals surface area contributed by atoms with Crippen LogP contribution in [0.5, 0.6) is 5.75 Å². The van der Waals surface area contributed by atoms with Crippen LogP contribution in [0.3, 0.4) is 0 Å². The van der Waals surface area contributed by atoms with Gasteiger partial charge in [-0.3, -0.25) is 0 Å². The lowest BCUT2D eigenvalue weighted by atomic mass is 10.1. The van der Waals surface area contributed by atoms with Gasteiger partial charge in [0.2, 0.25) is 0 Å². The summed E-state index contributed by atoms with van der Waals surface area (Å²) < 4.78 is 5.16. The van der Waals surface area contributed by atoms with E-state index in [-0.39, 0.29) is 12.1 Å². The maximum atomic E-state index is 9.75. The second-order valence-corrected chi connectivity index (χ2v) is 4.43. The smallest absolute Gasteiger partial charge is 0.119 e. The topological polar surface area (TPSA) is 41.5 Å². The number of aryl methyl sites for hydroxylation is 1. The van der Waals surface area contributed by atoms with Crippen LogP contribution >= 0.6 is 0 Å². The van der Waals surface area contributed by atoms with Crippen molar-refractivity contribution in [1.29, 1.82) is 0 Å². The molecule has 2 rings (SSSR count). The highest BCUT2D eigenvalue weighted by molar-refractivity contribution is 5.54. The molecule has 1 fully saturated rings. The number of nitrogens with one attached hydrogen (secondary N) is 1. The minimum absolute atomic E-state index is 0.201. The predicted octanol–water partition coefficient (Wildman–Crippen LogP) is 2.33. The molecule has 16 heavy (non-hydrogen) atoms. The van der Waals surface area contributed by atoms with Gasteiger partial charge in [0.1, 0.15) is 5.75 Å². The van der Waals surface area contributed by atoms with E-state index in [1.54, 1.807) is 7.11 Å².